The van der Waals surface area contributed by atoms with Gasteiger partial charge in [-0.25, -0.2) is 4.98 Å². The SMILES string of the molecule is C=CC[C@H](OC(=O)C[C@H](O)C(C)(C)C(=O)[C@H](C)[C@@H](O)[C@@H](C)CCCC(=C)C)/C(C)=C/c1csc(C)n1. The van der Waals surface area contributed by atoms with Crippen molar-refractivity contribution >= 4 is 29.2 Å². The highest BCUT2D eigenvalue weighted by Gasteiger charge is 2.42. The van der Waals surface area contributed by atoms with Crippen molar-refractivity contribution in [2.75, 3.05) is 0 Å². The van der Waals surface area contributed by atoms with Gasteiger partial charge in [-0.3, -0.25) is 9.59 Å². The number of ether oxygens (including phenoxy) is 1. The van der Waals surface area contributed by atoms with Gasteiger partial charge in [-0.2, -0.15) is 0 Å². The van der Waals surface area contributed by atoms with Crippen LogP contribution < -0.4 is 0 Å². The summed E-state index contributed by atoms with van der Waals surface area (Å²) < 4.78 is 5.66. The number of aliphatic hydroxyl groups is 2. The zero-order valence-corrected chi connectivity index (χ0v) is 23.9. The Morgan fingerprint density at radius 2 is 1.89 bits per heavy atom. The molecule has 1 aromatic heterocycles. The number of ketones is 1. The van der Waals surface area contributed by atoms with Gasteiger partial charge in [0.2, 0.25) is 0 Å². The van der Waals surface area contributed by atoms with Crippen LogP contribution in [0.1, 0.15) is 84.3 Å². The third-order valence-electron chi connectivity index (χ3n) is 6.77. The third-order valence-corrected chi connectivity index (χ3v) is 7.57. The van der Waals surface area contributed by atoms with Crippen LogP contribution in [0.4, 0.5) is 0 Å². The molecule has 0 unspecified atom stereocenters. The van der Waals surface area contributed by atoms with Crippen LogP contribution >= 0.6 is 11.3 Å². The van der Waals surface area contributed by atoms with Crippen molar-refractivity contribution in [1.29, 1.82) is 0 Å². The van der Waals surface area contributed by atoms with E-state index in [4.69, 9.17) is 4.74 Å². The van der Waals surface area contributed by atoms with E-state index in [1.54, 1.807) is 26.8 Å². The van der Waals surface area contributed by atoms with E-state index < -0.39 is 35.6 Å². The minimum atomic E-state index is -1.25. The fraction of sp³-hybridized carbons (Fsp3) is 0.621. The molecular weight excluding hydrogens is 474 g/mol. The minimum Gasteiger partial charge on any atom is -0.457 e. The van der Waals surface area contributed by atoms with Crippen molar-refractivity contribution < 1.29 is 24.5 Å². The van der Waals surface area contributed by atoms with Gasteiger partial charge in [-0.05, 0) is 57.6 Å². The summed E-state index contributed by atoms with van der Waals surface area (Å²) in [6.07, 6.45) is 3.57. The Labute approximate surface area is 221 Å². The number of carbonyl (C=O) groups is 2. The molecule has 0 radical (unpaired) electrons. The number of hydrogen-bond donors (Lipinski definition) is 2. The number of Topliss-reactive ketones (excluding diaryl/α,β-unsaturated/α-hetero) is 1. The lowest BCUT2D eigenvalue weighted by atomic mass is 9.73. The average Bonchev–Trinajstić information content (AvgIpc) is 3.20. The standard InChI is InChI=1S/C29H45NO5S/c1-10-12-24(20(5)15-23-17-36-22(7)30-23)35-26(32)16-25(31)29(8,9)28(34)21(6)27(33)19(4)14-11-13-18(2)3/h10,15,17,19,21,24-25,27,31,33H,1-2,11-14,16H2,3-9H3/b20-15+/t19-,21+,24-,25-,27-/m0/s1. The molecule has 0 bridgehead atoms. The molecule has 0 amide bonds. The van der Waals surface area contributed by atoms with E-state index in [-0.39, 0.29) is 18.1 Å². The smallest absolute Gasteiger partial charge is 0.309 e. The van der Waals surface area contributed by atoms with Gasteiger partial charge in [0.05, 0.1) is 34.7 Å². The molecule has 5 atom stereocenters. The van der Waals surface area contributed by atoms with E-state index in [0.717, 1.165) is 41.1 Å². The zero-order valence-electron chi connectivity index (χ0n) is 23.0. The van der Waals surface area contributed by atoms with Crippen LogP contribution in [0.5, 0.6) is 0 Å². The highest BCUT2D eigenvalue weighted by atomic mass is 32.1. The number of aliphatic hydroxyl groups excluding tert-OH is 2. The number of hydrogen-bond acceptors (Lipinski definition) is 7. The number of thiazole rings is 1. The van der Waals surface area contributed by atoms with E-state index in [2.05, 4.69) is 18.1 Å². The molecule has 0 aliphatic rings. The fourth-order valence-electron chi connectivity index (χ4n) is 4.17. The molecule has 0 aliphatic carbocycles. The van der Waals surface area contributed by atoms with Crippen molar-refractivity contribution in [3.8, 4) is 0 Å². The lowest BCUT2D eigenvalue weighted by Gasteiger charge is -2.34. The maximum Gasteiger partial charge on any atom is 0.309 e. The number of aromatic nitrogens is 1. The van der Waals surface area contributed by atoms with Gasteiger partial charge in [-0.1, -0.05) is 39.3 Å². The van der Waals surface area contributed by atoms with E-state index in [1.165, 1.54) is 11.3 Å². The van der Waals surface area contributed by atoms with Crippen LogP contribution in [0.15, 0.2) is 35.8 Å². The maximum atomic E-state index is 13.2. The van der Waals surface area contributed by atoms with Gasteiger partial charge in [0.25, 0.3) is 0 Å². The summed E-state index contributed by atoms with van der Waals surface area (Å²) in [6, 6.07) is 0. The van der Waals surface area contributed by atoms with Crippen LogP contribution in [0, 0.1) is 24.2 Å². The molecular formula is C29H45NO5S. The van der Waals surface area contributed by atoms with Crippen molar-refractivity contribution in [2.24, 2.45) is 17.3 Å². The van der Waals surface area contributed by atoms with Gasteiger partial charge < -0.3 is 14.9 Å². The molecule has 0 aliphatic heterocycles. The molecule has 7 heteroatoms. The second-order valence-corrected chi connectivity index (χ2v) is 11.7. The van der Waals surface area contributed by atoms with E-state index in [9.17, 15) is 19.8 Å². The molecule has 0 fully saturated rings. The Balaban J connectivity index is 2.80. The van der Waals surface area contributed by atoms with Gasteiger partial charge in [0, 0.05) is 17.7 Å². The van der Waals surface area contributed by atoms with Gasteiger partial charge in [0.1, 0.15) is 11.9 Å². The molecule has 6 nitrogen and oxygen atoms in total. The monoisotopic (exact) mass is 519 g/mol. The quantitative estimate of drug-likeness (QED) is 0.203. The number of aryl methyl sites for hydroxylation is 1. The van der Waals surface area contributed by atoms with E-state index in [0.29, 0.717) is 6.42 Å². The summed E-state index contributed by atoms with van der Waals surface area (Å²) >= 11 is 1.54. The second kappa shape index (κ2) is 14.6. The molecule has 36 heavy (non-hydrogen) atoms. The normalized spacial score (nSPS) is 16.5. The first-order valence-corrected chi connectivity index (χ1v) is 13.5. The molecule has 0 saturated carbocycles. The first kappa shape index (κ1) is 31.9. The number of esters is 1. The maximum absolute atomic E-state index is 13.2. The number of rotatable bonds is 16. The fourth-order valence-corrected chi connectivity index (χ4v) is 4.74. The van der Waals surface area contributed by atoms with E-state index >= 15 is 0 Å². The molecule has 0 spiro atoms. The van der Waals surface area contributed by atoms with E-state index in [1.807, 2.05) is 39.2 Å². The first-order valence-electron chi connectivity index (χ1n) is 12.7. The Morgan fingerprint density at radius 3 is 2.42 bits per heavy atom. The summed E-state index contributed by atoms with van der Waals surface area (Å²) in [6.45, 7) is 20.2. The first-order chi connectivity index (χ1) is 16.7. The largest absolute Gasteiger partial charge is 0.457 e. The van der Waals surface area contributed by atoms with Gasteiger partial charge in [0.15, 0.2) is 0 Å². The van der Waals surface area contributed by atoms with Crippen LogP contribution in [0.25, 0.3) is 6.08 Å². The second-order valence-electron chi connectivity index (χ2n) is 10.6. The average molecular weight is 520 g/mol. The highest BCUT2D eigenvalue weighted by Crippen LogP contribution is 2.32. The minimum absolute atomic E-state index is 0.0721. The predicted octanol–water partition coefficient (Wildman–Crippen LogP) is 6.07. The number of nitrogens with zero attached hydrogens (tertiary/aromatic N) is 1. The lowest BCUT2D eigenvalue weighted by molar-refractivity contribution is -0.154. The zero-order chi connectivity index (χ0) is 27.6. The number of carbonyl (C=O) groups excluding carboxylic acids is 2. The Kier molecular flexibility index (Phi) is 13.0. The molecule has 0 saturated heterocycles. The summed E-state index contributed by atoms with van der Waals surface area (Å²) in [5, 5.41) is 24.5. The van der Waals surface area contributed by atoms with Crippen molar-refractivity contribution in [1.82, 2.24) is 4.98 Å². The molecule has 202 valence electrons. The van der Waals surface area contributed by atoms with Crippen molar-refractivity contribution in [3.63, 3.8) is 0 Å². The van der Waals surface area contributed by atoms with Gasteiger partial charge in [-0.15, -0.1) is 24.5 Å². The Morgan fingerprint density at radius 1 is 1.25 bits per heavy atom. The number of allylic oxidation sites excluding steroid dienone is 1. The Hall–Kier alpha value is -2.09. The van der Waals surface area contributed by atoms with Crippen molar-refractivity contribution in [3.05, 3.63) is 46.5 Å². The summed E-state index contributed by atoms with van der Waals surface area (Å²) in [7, 11) is 0. The third kappa shape index (κ3) is 9.75. The van der Waals surface area contributed by atoms with Gasteiger partial charge >= 0.3 is 5.97 Å². The van der Waals surface area contributed by atoms with Crippen LogP contribution in [-0.2, 0) is 14.3 Å². The lowest BCUT2D eigenvalue weighted by Crippen LogP contribution is -2.45. The summed E-state index contributed by atoms with van der Waals surface area (Å²) in [5.74, 6) is -1.62. The molecule has 1 rings (SSSR count). The van der Waals surface area contributed by atoms with Crippen LogP contribution in [-0.4, -0.2) is 45.3 Å². The molecule has 2 N–H and O–H groups in total. The Bertz CT molecular complexity index is 932. The van der Waals surface area contributed by atoms with Crippen LogP contribution in [0.2, 0.25) is 0 Å². The molecule has 1 aromatic rings. The predicted molar refractivity (Wildman–Crippen MR) is 148 cm³/mol. The van der Waals surface area contributed by atoms with Crippen LogP contribution in [0.3, 0.4) is 0 Å². The van der Waals surface area contributed by atoms with Crippen molar-refractivity contribution in [2.45, 2.75) is 98.9 Å². The molecule has 0 aromatic carbocycles. The molecule has 1 heterocycles. The highest BCUT2D eigenvalue weighted by molar-refractivity contribution is 7.09. The summed E-state index contributed by atoms with van der Waals surface area (Å²) in [4.78, 5) is 30.4. The summed E-state index contributed by atoms with van der Waals surface area (Å²) in [5.41, 5.74) is 1.48. The topological polar surface area (TPSA) is 96.7 Å².